The number of fused-ring (bicyclic) bond motifs is 1. The normalized spacial score (nSPS) is 14.4. The molecule has 90 valence electrons. The lowest BCUT2D eigenvalue weighted by Gasteiger charge is -2.16. The van der Waals surface area contributed by atoms with Gasteiger partial charge in [-0.05, 0) is 18.4 Å². The van der Waals surface area contributed by atoms with Crippen LogP contribution in [0.1, 0.15) is 41.4 Å². The number of aryl methyl sites for hydroxylation is 1. The summed E-state index contributed by atoms with van der Waals surface area (Å²) in [5.74, 6) is -0.707. The minimum absolute atomic E-state index is 0.0454. The number of amides is 2. The fourth-order valence-electron chi connectivity index (χ4n) is 1.94. The van der Waals surface area contributed by atoms with Gasteiger partial charge >= 0.3 is 5.63 Å². The Morgan fingerprint density at radius 1 is 1.35 bits per heavy atom. The Bertz CT molecular complexity index is 530. The van der Waals surface area contributed by atoms with Crippen molar-refractivity contribution in [1.82, 2.24) is 5.32 Å². The molecule has 0 saturated carbocycles. The van der Waals surface area contributed by atoms with Crippen LogP contribution in [-0.2, 0) is 17.6 Å². The van der Waals surface area contributed by atoms with E-state index in [-0.39, 0.29) is 12.2 Å². The zero-order chi connectivity index (χ0) is 12.4. The Balaban J connectivity index is 2.49. The monoisotopic (exact) mass is 235 g/mol. The minimum Gasteiger partial charge on any atom is -0.426 e. The number of hydrogen-bond donors (Lipinski definition) is 1. The quantitative estimate of drug-likeness (QED) is 0.786. The van der Waals surface area contributed by atoms with Crippen LogP contribution in [-0.4, -0.2) is 11.8 Å². The van der Waals surface area contributed by atoms with Crippen molar-refractivity contribution in [1.29, 1.82) is 0 Å². The molecule has 0 radical (unpaired) electrons. The highest BCUT2D eigenvalue weighted by atomic mass is 16.4. The molecule has 1 aromatic heterocycles. The van der Waals surface area contributed by atoms with E-state index >= 15 is 0 Å². The van der Waals surface area contributed by atoms with Crippen LogP contribution in [0.4, 0.5) is 0 Å². The van der Waals surface area contributed by atoms with Gasteiger partial charge in [0, 0.05) is 6.07 Å². The lowest BCUT2D eigenvalue weighted by atomic mass is 9.98. The van der Waals surface area contributed by atoms with Crippen molar-refractivity contribution < 1.29 is 14.0 Å². The second kappa shape index (κ2) is 4.53. The molecule has 0 saturated heterocycles. The molecule has 1 aliphatic rings. The van der Waals surface area contributed by atoms with Crippen LogP contribution in [0.2, 0.25) is 0 Å². The molecule has 17 heavy (non-hydrogen) atoms. The van der Waals surface area contributed by atoms with Gasteiger partial charge in [0.15, 0.2) is 0 Å². The average molecular weight is 235 g/mol. The second-order valence-corrected chi connectivity index (χ2v) is 4.05. The zero-order valence-electron chi connectivity index (χ0n) is 9.54. The van der Waals surface area contributed by atoms with Crippen LogP contribution in [0.5, 0.6) is 0 Å². The van der Waals surface area contributed by atoms with Crippen LogP contribution < -0.4 is 10.9 Å². The highest BCUT2D eigenvalue weighted by molar-refractivity contribution is 6.09. The van der Waals surface area contributed by atoms with Crippen molar-refractivity contribution in [3.8, 4) is 0 Å². The molecule has 5 nitrogen and oxygen atoms in total. The predicted molar refractivity (Wildman–Crippen MR) is 59.8 cm³/mol. The number of carbonyl (C=O) groups is 2. The Hall–Kier alpha value is -1.91. The van der Waals surface area contributed by atoms with E-state index < -0.39 is 17.4 Å². The molecule has 2 amide bonds. The maximum Gasteiger partial charge on any atom is 0.336 e. The first kappa shape index (κ1) is 11.6. The first-order valence-corrected chi connectivity index (χ1v) is 5.62. The molecule has 1 N–H and O–H groups in total. The SMILES string of the molecule is CCCCc1cc(=O)oc2c1C(=O)NC(=O)C2. The van der Waals surface area contributed by atoms with Crippen molar-refractivity contribution in [2.45, 2.75) is 32.6 Å². The summed E-state index contributed by atoms with van der Waals surface area (Å²) >= 11 is 0. The van der Waals surface area contributed by atoms with Crippen LogP contribution in [0, 0.1) is 0 Å². The van der Waals surface area contributed by atoms with Gasteiger partial charge in [0.05, 0.1) is 12.0 Å². The molecule has 0 aromatic carbocycles. The maximum atomic E-state index is 11.7. The smallest absolute Gasteiger partial charge is 0.336 e. The zero-order valence-corrected chi connectivity index (χ0v) is 9.54. The first-order valence-electron chi connectivity index (χ1n) is 5.62. The Labute approximate surface area is 97.8 Å². The highest BCUT2D eigenvalue weighted by Gasteiger charge is 2.27. The number of carbonyl (C=O) groups excluding carboxylic acids is 2. The minimum atomic E-state index is -0.502. The molecule has 0 bridgehead atoms. The van der Waals surface area contributed by atoms with E-state index in [4.69, 9.17) is 4.42 Å². The molecule has 2 rings (SSSR count). The third kappa shape index (κ3) is 2.27. The molecular weight excluding hydrogens is 222 g/mol. The molecule has 0 atom stereocenters. The maximum absolute atomic E-state index is 11.7. The summed E-state index contributed by atoms with van der Waals surface area (Å²) in [6.45, 7) is 2.03. The van der Waals surface area contributed by atoms with E-state index in [9.17, 15) is 14.4 Å². The number of imide groups is 1. The third-order valence-corrected chi connectivity index (χ3v) is 2.72. The number of hydrogen-bond acceptors (Lipinski definition) is 4. The Morgan fingerprint density at radius 2 is 2.12 bits per heavy atom. The predicted octanol–water partition coefficient (Wildman–Crippen LogP) is 0.795. The van der Waals surface area contributed by atoms with Gasteiger partial charge < -0.3 is 4.42 Å². The van der Waals surface area contributed by atoms with Crippen molar-refractivity contribution >= 4 is 11.8 Å². The molecule has 2 heterocycles. The van der Waals surface area contributed by atoms with Crippen molar-refractivity contribution in [3.05, 3.63) is 33.4 Å². The molecule has 5 heteroatoms. The van der Waals surface area contributed by atoms with E-state index in [0.29, 0.717) is 17.5 Å². The highest BCUT2D eigenvalue weighted by Crippen LogP contribution is 2.18. The standard InChI is InChI=1S/C12H13NO4/c1-2-3-4-7-5-10(15)17-8-6-9(14)13-12(16)11(7)8/h5H,2-4,6H2,1H3,(H,13,14,16). The Kier molecular flexibility index (Phi) is 3.08. The van der Waals surface area contributed by atoms with Gasteiger partial charge in [0.1, 0.15) is 5.76 Å². The number of nitrogens with one attached hydrogen (secondary N) is 1. The van der Waals surface area contributed by atoms with E-state index in [2.05, 4.69) is 5.32 Å². The van der Waals surface area contributed by atoms with Gasteiger partial charge in [-0.2, -0.15) is 0 Å². The van der Waals surface area contributed by atoms with E-state index in [1.165, 1.54) is 6.07 Å². The lowest BCUT2D eigenvalue weighted by Crippen LogP contribution is -2.38. The van der Waals surface area contributed by atoms with Crippen molar-refractivity contribution in [3.63, 3.8) is 0 Å². The molecule has 1 aliphatic heterocycles. The van der Waals surface area contributed by atoms with Gasteiger partial charge in [0.25, 0.3) is 5.91 Å². The van der Waals surface area contributed by atoms with Crippen LogP contribution in [0.3, 0.4) is 0 Å². The fourth-order valence-corrected chi connectivity index (χ4v) is 1.94. The third-order valence-electron chi connectivity index (χ3n) is 2.72. The summed E-state index contributed by atoms with van der Waals surface area (Å²) in [6, 6.07) is 1.34. The van der Waals surface area contributed by atoms with Gasteiger partial charge in [-0.25, -0.2) is 4.79 Å². The van der Waals surface area contributed by atoms with E-state index in [0.717, 1.165) is 12.8 Å². The number of unbranched alkanes of at least 4 members (excludes halogenated alkanes) is 1. The van der Waals surface area contributed by atoms with Gasteiger partial charge in [-0.3, -0.25) is 14.9 Å². The van der Waals surface area contributed by atoms with Gasteiger partial charge in [-0.15, -0.1) is 0 Å². The van der Waals surface area contributed by atoms with E-state index in [1.54, 1.807) is 0 Å². The van der Waals surface area contributed by atoms with Crippen molar-refractivity contribution in [2.75, 3.05) is 0 Å². The molecule has 1 aromatic rings. The largest absolute Gasteiger partial charge is 0.426 e. The molecule has 0 fully saturated rings. The Morgan fingerprint density at radius 3 is 2.82 bits per heavy atom. The lowest BCUT2D eigenvalue weighted by molar-refractivity contribution is -0.120. The van der Waals surface area contributed by atoms with Crippen molar-refractivity contribution in [2.24, 2.45) is 0 Å². The summed E-state index contributed by atoms with van der Waals surface area (Å²) in [5.41, 5.74) is 0.526. The first-order chi connectivity index (χ1) is 8.11. The van der Waals surface area contributed by atoms with Gasteiger partial charge in [-0.1, -0.05) is 13.3 Å². The summed E-state index contributed by atoms with van der Waals surface area (Å²) in [6.07, 6.45) is 2.45. The molecular formula is C12H13NO4. The molecule has 0 unspecified atom stereocenters. The van der Waals surface area contributed by atoms with Gasteiger partial charge in [0.2, 0.25) is 5.91 Å². The van der Waals surface area contributed by atoms with E-state index in [1.807, 2.05) is 6.92 Å². The van der Waals surface area contributed by atoms with Crippen LogP contribution in [0.25, 0.3) is 0 Å². The molecule has 0 aliphatic carbocycles. The van der Waals surface area contributed by atoms with Crippen LogP contribution in [0.15, 0.2) is 15.3 Å². The fraction of sp³-hybridized carbons (Fsp3) is 0.417. The second-order valence-electron chi connectivity index (χ2n) is 4.05. The summed E-state index contributed by atoms with van der Waals surface area (Å²) < 4.78 is 4.92. The summed E-state index contributed by atoms with van der Waals surface area (Å²) in [5, 5.41) is 2.23. The molecule has 0 spiro atoms. The summed E-state index contributed by atoms with van der Waals surface area (Å²) in [4.78, 5) is 34.2. The number of rotatable bonds is 3. The van der Waals surface area contributed by atoms with Crippen LogP contribution >= 0.6 is 0 Å². The topological polar surface area (TPSA) is 76.4 Å². The average Bonchev–Trinajstić information content (AvgIpc) is 2.24. The summed E-state index contributed by atoms with van der Waals surface area (Å²) in [7, 11) is 0.